The topological polar surface area (TPSA) is 224 Å². The largest absolute Gasteiger partial charge is 0.496 e. The quantitative estimate of drug-likeness (QED) is 0.0949. The molecule has 2 aromatic carbocycles. The van der Waals surface area contributed by atoms with Crippen LogP contribution in [0.2, 0.25) is 0 Å². The number of aliphatic hydroxyl groups is 8. The molecule has 0 saturated carbocycles. The van der Waals surface area contributed by atoms with Gasteiger partial charge in [-0.05, 0) is 53.0 Å². The van der Waals surface area contributed by atoms with Gasteiger partial charge in [0.15, 0.2) is 11.6 Å². The molecule has 0 spiro atoms. The average Bonchev–Trinajstić information content (AvgIpc) is 3.08. The van der Waals surface area contributed by atoms with Gasteiger partial charge in [-0.2, -0.15) is 0 Å². The number of carbonyl (C=O) groups excluding carboxylic acids is 2. The van der Waals surface area contributed by atoms with Gasteiger partial charge >= 0.3 is 0 Å². The number of allylic oxidation sites excluding steroid dienone is 2. The van der Waals surface area contributed by atoms with Crippen LogP contribution in [-0.4, -0.2) is 134 Å². The van der Waals surface area contributed by atoms with E-state index in [1.807, 2.05) is 13.0 Å². The van der Waals surface area contributed by atoms with Crippen molar-refractivity contribution in [3.8, 4) is 5.75 Å². The van der Waals surface area contributed by atoms with E-state index >= 15 is 0 Å². The number of hydrogen-bond acceptors (Lipinski definition) is 13. The lowest BCUT2D eigenvalue weighted by molar-refractivity contribution is -0.228. The monoisotopic (exact) mass is 672 g/mol. The molecule has 0 aromatic heterocycles. The zero-order valence-corrected chi connectivity index (χ0v) is 26.7. The van der Waals surface area contributed by atoms with Crippen LogP contribution < -0.4 is 4.74 Å². The second-order valence-corrected chi connectivity index (χ2v) is 12.2. The van der Waals surface area contributed by atoms with Gasteiger partial charge in [0, 0.05) is 12.8 Å². The second kappa shape index (κ2) is 16.9. The van der Waals surface area contributed by atoms with Gasteiger partial charge in [0.05, 0.1) is 39.0 Å². The minimum atomic E-state index is -1.49. The third kappa shape index (κ3) is 9.01. The molecular formula is C35H44O13. The smallest absolute Gasteiger partial charge is 0.163 e. The maximum absolute atomic E-state index is 12.5. The summed E-state index contributed by atoms with van der Waals surface area (Å²) in [4.78, 5) is 25.0. The van der Waals surface area contributed by atoms with Crippen molar-refractivity contribution in [3.63, 3.8) is 0 Å². The fourth-order valence-corrected chi connectivity index (χ4v) is 5.88. The molecule has 0 bridgehead atoms. The number of aliphatic hydroxyl groups excluding tert-OH is 8. The molecule has 4 rings (SSSR count). The summed E-state index contributed by atoms with van der Waals surface area (Å²) in [6, 6.07) is 10.4. The Kier molecular flexibility index (Phi) is 13.2. The minimum Gasteiger partial charge on any atom is -0.496 e. The normalized spacial score (nSPS) is 31.0. The Balaban J connectivity index is 1.31. The maximum Gasteiger partial charge on any atom is 0.163 e. The van der Waals surface area contributed by atoms with E-state index in [1.165, 1.54) is 25.3 Å². The zero-order chi connectivity index (χ0) is 35.1. The SMILES string of the molecule is COc1cc(/C=C/C(=O)CC(=O)/C=C/c2ccc(CC3OC(CO)[C@@H](O)C(O)[C@H]3O)c(C)c2)ccc1CC1O[C@H](CO)C(O)[C@H](O)C1O. The molecular weight excluding hydrogens is 628 g/mol. The van der Waals surface area contributed by atoms with Crippen LogP contribution in [0.5, 0.6) is 5.75 Å². The van der Waals surface area contributed by atoms with Crippen molar-refractivity contribution in [2.45, 2.75) is 87.2 Å². The summed E-state index contributed by atoms with van der Waals surface area (Å²) in [6.07, 6.45) is -6.56. The number of aryl methyl sites for hydroxylation is 1. The molecule has 2 saturated heterocycles. The van der Waals surface area contributed by atoms with E-state index in [-0.39, 0.29) is 19.3 Å². The molecule has 0 aliphatic carbocycles. The summed E-state index contributed by atoms with van der Waals surface area (Å²) in [5.41, 5.74) is 3.58. The third-order valence-electron chi connectivity index (χ3n) is 8.77. The van der Waals surface area contributed by atoms with Crippen molar-refractivity contribution >= 4 is 23.7 Å². The number of carbonyl (C=O) groups is 2. The van der Waals surface area contributed by atoms with Crippen molar-refractivity contribution in [3.05, 3.63) is 76.4 Å². The van der Waals surface area contributed by atoms with Gasteiger partial charge in [0.1, 0.15) is 54.6 Å². The van der Waals surface area contributed by atoms with Crippen molar-refractivity contribution in [1.29, 1.82) is 0 Å². The van der Waals surface area contributed by atoms with E-state index in [1.54, 1.807) is 36.4 Å². The Morgan fingerprint density at radius 1 is 0.667 bits per heavy atom. The first kappa shape index (κ1) is 37.5. The Morgan fingerprint density at radius 3 is 1.56 bits per heavy atom. The molecule has 48 heavy (non-hydrogen) atoms. The zero-order valence-electron chi connectivity index (χ0n) is 26.7. The summed E-state index contributed by atoms with van der Waals surface area (Å²) in [5, 5.41) is 79.7. The molecule has 2 aliphatic heterocycles. The van der Waals surface area contributed by atoms with E-state index in [0.717, 1.165) is 11.1 Å². The van der Waals surface area contributed by atoms with Gasteiger partial charge in [-0.3, -0.25) is 9.59 Å². The van der Waals surface area contributed by atoms with Gasteiger partial charge in [-0.25, -0.2) is 0 Å². The number of ether oxygens (including phenoxy) is 3. The van der Waals surface area contributed by atoms with Gasteiger partial charge < -0.3 is 55.1 Å². The molecule has 2 aromatic rings. The molecule has 2 fully saturated rings. The van der Waals surface area contributed by atoms with E-state index in [0.29, 0.717) is 22.4 Å². The first-order valence-electron chi connectivity index (χ1n) is 15.7. The van der Waals surface area contributed by atoms with Crippen LogP contribution in [0, 0.1) is 6.92 Å². The Hall–Kier alpha value is -3.34. The highest BCUT2D eigenvalue weighted by molar-refractivity contribution is 6.10. The van der Waals surface area contributed by atoms with Crippen molar-refractivity contribution in [1.82, 2.24) is 0 Å². The lowest BCUT2D eigenvalue weighted by Gasteiger charge is -2.40. The first-order chi connectivity index (χ1) is 22.9. The number of methoxy groups -OCH3 is 1. The average molecular weight is 673 g/mol. The van der Waals surface area contributed by atoms with Gasteiger partial charge in [-0.15, -0.1) is 0 Å². The molecule has 0 radical (unpaired) electrons. The highest BCUT2D eigenvalue weighted by Crippen LogP contribution is 2.29. The Labute approximate surface area is 278 Å². The summed E-state index contributed by atoms with van der Waals surface area (Å²) in [7, 11) is 1.45. The van der Waals surface area contributed by atoms with Gasteiger partial charge in [-0.1, -0.05) is 42.5 Å². The maximum atomic E-state index is 12.5. The predicted octanol–water partition coefficient (Wildman–Crippen LogP) is -0.972. The highest BCUT2D eigenvalue weighted by Gasteiger charge is 2.44. The van der Waals surface area contributed by atoms with Crippen LogP contribution in [-0.2, 0) is 31.9 Å². The van der Waals surface area contributed by atoms with Crippen LogP contribution in [0.1, 0.15) is 34.2 Å². The fraction of sp³-hybridized carbons (Fsp3) is 0.486. The number of benzene rings is 2. The predicted molar refractivity (Wildman–Crippen MR) is 172 cm³/mol. The Morgan fingerprint density at radius 2 is 1.10 bits per heavy atom. The molecule has 262 valence electrons. The second-order valence-electron chi connectivity index (χ2n) is 12.2. The van der Waals surface area contributed by atoms with E-state index in [9.17, 15) is 50.4 Å². The van der Waals surface area contributed by atoms with Crippen molar-refractivity contribution in [2.24, 2.45) is 0 Å². The molecule has 10 atom stereocenters. The van der Waals surface area contributed by atoms with E-state index in [2.05, 4.69) is 0 Å². The lowest BCUT2D eigenvalue weighted by Crippen LogP contribution is -2.59. The molecule has 2 aliphatic rings. The number of hydrogen-bond donors (Lipinski definition) is 8. The standard InChI is InChI=1S/C35H44O13/c1-18-11-19(3-7-21(18)13-26-30(40)34(44)32(42)28(16-36)47-26)5-9-23(38)15-24(39)10-6-20-4-8-22(25(12-20)46-2)14-27-31(41)35(45)33(43)29(17-37)48-27/h3-12,26-37,40-45H,13-17H2,1-2H3/b9-5+,10-6+/t26?,27?,28?,29-,30+,31?,32-,33?,34?,35-/m1/s1. The number of rotatable bonds is 13. The summed E-state index contributed by atoms with van der Waals surface area (Å²) in [5.74, 6) is -0.393. The molecule has 0 amide bonds. The summed E-state index contributed by atoms with van der Waals surface area (Å²) >= 11 is 0. The Bertz CT molecular complexity index is 1470. The van der Waals surface area contributed by atoms with Crippen LogP contribution >= 0.6 is 0 Å². The molecule has 6 unspecified atom stereocenters. The van der Waals surface area contributed by atoms with Crippen LogP contribution in [0.4, 0.5) is 0 Å². The van der Waals surface area contributed by atoms with E-state index < -0.39 is 85.8 Å². The molecule has 8 N–H and O–H groups in total. The third-order valence-corrected chi connectivity index (χ3v) is 8.77. The van der Waals surface area contributed by atoms with Gasteiger partial charge in [0.25, 0.3) is 0 Å². The van der Waals surface area contributed by atoms with Crippen LogP contribution in [0.25, 0.3) is 12.2 Å². The van der Waals surface area contributed by atoms with E-state index in [4.69, 9.17) is 14.2 Å². The molecule has 13 heteroatoms. The van der Waals surface area contributed by atoms with Crippen molar-refractivity contribution < 1.29 is 64.7 Å². The first-order valence-corrected chi connectivity index (χ1v) is 15.7. The number of ketones is 2. The fourth-order valence-electron chi connectivity index (χ4n) is 5.88. The van der Waals surface area contributed by atoms with Gasteiger partial charge in [0.2, 0.25) is 0 Å². The lowest BCUT2D eigenvalue weighted by atomic mass is 9.90. The van der Waals surface area contributed by atoms with Crippen LogP contribution in [0.15, 0.2) is 48.6 Å². The molecule has 13 nitrogen and oxygen atoms in total. The summed E-state index contributed by atoms with van der Waals surface area (Å²) < 4.78 is 16.6. The van der Waals surface area contributed by atoms with Crippen molar-refractivity contribution in [2.75, 3.05) is 20.3 Å². The molecule has 2 heterocycles. The highest BCUT2D eigenvalue weighted by atomic mass is 16.6. The minimum absolute atomic E-state index is 0.120. The van der Waals surface area contributed by atoms with Crippen LogP contribution in [0.3, 0.4) is 0 Å². The summed E-state index contributed by atoms with van der Waals surface area (Å²) in [6.45, 7) is 0.803.